The average molecular weight is 295 g/mol. The largest absolute Gasteiger partial charge is 0.368 e. The Balaban J connectivity index is 2.19. The van der Waals surface area contributed by atoms with Gasteiger partial charge in [0.1, 0.15) is 6.10 Å². The average Bonchev–Trinajstić information content (AvgIpc) is 2.45. The van der Waals surface area contributed by atoms with Crippen LogP contribution < -0.4 is 5.32 Å². The van der Waals surface area contributed by atoms with E-state index in [0.29, 0.717) is 5.92 Å². The molecule has 0 aromatic carbocycles. The van der Waals surface area contributed by atoms with Crippen molar-refractivity contribution in [1.82, 2.24) is 15.3 Å². The van der Waals surface area contributed by atoms with Gasteiger partial charge in [-0.05, 0) is 31.9 Å². The first-order valence-corrected chi connectivity index (χ1v) is 8.54. The summed E-state index contributed by atoms with van der Waals surface area (Å²) in [6, 6.07) is 0. The molecular weight excluding hydrogens is 270 g/mol. The molecule has 0 amide bonds. The summed E-state index contributed by atoms with van der Waals surface area (Å²) in [6.45, 7) is 11.3. The number of hydrogen-bond donors (Lipinski definition) is 1. The van der Waals surface area contributed by atoms with Crippen molar-refractivity contribution < 1.29 is 4.74 Å². The molecule has 0 saturated carbocycles. The molecule has 2 rings (SSSR count). The molecule has 0 aliphatic carbocycles. The van der Waals surface area contributed by atoms with Crippen LogP contribution in [-0.4, -0.2) is 41.2 Å². The number of hydrogen-bond acceptors (Lipinski definition) is 5. The van der Waals surface area contributed by atoms with Crippen LogP contribution in [0.15, 0.2) is 0 Å². The molecule has 20 heavy (non-hydrogen) atoms. The number of ether oxygens (including phenoxy) is 1. The lowest BCUT2D eigenvalue weighted by Gasteiger charge is -2.23. The number of nitrogens with zero attached hydrogens (tertiary/aromatic N) is 2. The van der Waals surface area contributed by atoms with Crippen molar-refractivity contribution in [3.63, 3.8) is 0 Å². The normalized spacial score (nSPS) is 20.9. The van der Waals surface area contributed by atoms with E-state index < -0.39 is 0 Å². The zero-order valence-electron chi connectivity index (χ0n) is 12.9. The van der Waals surface area contributed by atoms with E-state index in [1.54, 1.807) is 0 Å². The van der Waals surface area contributed by atoms with Gasteiger partial charge < -0.3 is 10.1 Å². The summed E-state index contributed by atoms with van der Waals surface area (Å²) in [4.78, 5) is 9.42. The van der Waals surface area contributed by atoms with Gasteiger partial charge in [-0.2, -0.15) is 11.8 Å². The van der Waals surface area contributed by atoms with Crippen molar-refractivity contribution >= 4 is 11.8 Å². The van der Waals surface area contributed by atoms with Crippen molar-refractivity contribution in [2.24, 2.45) is 0 Å². The zero-order chi connectivity index (χ0) is 14.5. The molecule has 1 aliphatic rings. The molecular formula is C15H25N3OS. The summed E-state index contributed by atoms with van der Waals surface area (Å²) in [5.41, 5.74) is 3.47. The third-order valence-electron chi connectivity index (χ3n) is 3.64. The Labute approximate surface area is 126 Å². The highest BCUT2D eigenvalue weighted by molar-refractivity contribution is 7.99. The van der Waals surface area contributed by atoms with Crippen LogP contribution in [0.4, 0.5) is 0 Å². The van der Waals surface area contributed by atoms with Gasteiger partial charge in [-0.3, -0.25) is 0 Å². The molecule has 5 heteroatoms. The van der Waals surface area contributed by atoms with Crippen LogP contribution in [-0.2, 0) is 4.74 Å². The fourth-order valence-electron chi connectivity index (χ4n) is 2.71. The third kappa shape index (κ3) is 3.71. The second-order valence-electron chi connectivity index (χ2n) is 5.31. The fraction of sp³-hybridized carbons (Fsp3) is 0.733. The molecule has 1 saturated heterocycles. The Hall–Kier alpha value is -0.650. The van der Waals surface area contributed by atoms with Gasteiger partial charge in [0.2, 0.25) is 0 Å². The molecule has 112 valence electrons. The lowest BCUT2D eigenvalue weighted by atomic mass is 9.98. The fourth-order valence-corrected chi connectivity index (χ4v) is 3.55. The van der Waals surface area contributed by atoms with Crippen LogP contribution in [0.5, 0.6) is 0 Å². The summed E-state index contributed by atoms with van der Waals surface area (Å²) in [5, 5.41) is 3.40. The molecule has 4 nitrogen and oxygen atoms in total. The summed E-state index contributed by atoms with van der Waals surface area (Å²) in [7, 11) is 0. The molecule has 1 aromatic heterocycles. The van der Waals surface area contributed by atoms with E-state index >= 15 is 0 Å². The van der Waals surface area contributed by atoms with E-state index in [2.05, 4.69) is 33.0 Å². The third-order valence-corrected chi connectivity index (χ3v) is 4.64. The summed E-state index contributed by atoms with van der Waals surface area (Å²) in [5.74, 6) is 3.33. The predicted molar refractivity (Wildman–Crippen MR) is 84.5 cm³/mol. The second-order valence-corrected chi connectivity index (χ2v) is 6.46. The first-order valence-electron chi connectivity index (χ1n) is 7.38. The molecule has 2 heterocycles. The summed E-state index contributed by atoms with van der Waals surface area (Å²) in [6.07, 6.45) is 0.0595. The smallest absolute Gasteiger partial charge is 0.158 e. The highest BCUT2D eigenvalue weighted by Gasteiger charge is 2.22. The van der Waals surface area contributed by atoms with Gasteiger partial charge in [-0.15, -0.1) is 0 Å². The standard InChI is InChI=1S/C15H25N3OS/c1-5-16-8-10(2)14-11(3)17-15(18-12(14)4)13-9-20-7-6-19-13/h10,13,16H,5-9H2,1-4H3. The summed E-state index contributed by atoms with van der Waals surface area (Å²) >= 11 is 1.92. The van der Waals surface area contributed by atoms with Crippen LogP contribution in [0.25, 0.3) is 0 Å². The monoisotopic (exact) mass is 295 g/mol. The Kier molecular flexibility index (Phi) is 5.81. The predicted octanol–water partition coefficient (Wildman–Crippen LogP) is 2.61. The zero-order valence-corrected chi connectivity index (χ0v) is 13.7. The minimum Gasteiger partial charge on any atom is -0.368 e. The van der Waals surface area contributed by atoms with Crippen molar-refractivity contribution in [3.8, 4) is 0 Å². The number of aryl methyl sites for hydroxylation is 2. The minimum atomic E-state index is 0.0595. The quantitative estimate of drug-likeness (QED) is 0.905. The van der Waals surface area contributed by atoms with Crippen molar-refractivity contribution in [2.45, 2.75) is 39.7 Å². The molecule has 2 unspecified atom stereocenters. The Morgan fingerprint density at radius 1 is 1.35 bits per heavy atom. The Bertz CT molecular complexity index is 424. The van der Waals surface area contributed by atoms with E-state index in [4.69, 9.17) is 14.7 Å². The van der Waals surface area contributed by atoms with E-state index in [9.17, 15) is 0 Å². The highest BCUT2D eigenvalue weighted by atomic mass is 32.2. The maximum Gasteiger partial charge on any atom is 0.158 e. The van der Waals surface area contributed by atoms with Crippen molar-refractivity contribution in [3.05, 3.63) is 22.8 Å². The first kappa shape index (κ1) is 15.7. The van der Waals surface area contributed by atoms with Crippen LogP contribution in [0.2, 0.25) is 0 Å². The van der Waals surface area contributed by atoms with Crippen LogP contribution >= 0.6 is 11.8 Å². The molecule has 1 aromatic rings. The lowest BCUT2D eigenvalue weighted by Crippen LogP contribution is -2.23. The molecule has 0 spiro atoms. The van der Waals surface area contributed by atoms with Crippen LogP contribution in [0.3, 0.4) is 0 Å². The maximum atomic E-state index is 5.78. The van der Waals surface area contributed by atoms with Gasteiger partial charge in [0.15, 0.2) is 5.82 Å². The van der Waals surface area contributed by atoms with E-state index in [1.807, 2.05) is 11.8 Å². The van der Waals surface area contributed by atoms with E-state index in [-0.39, 0.29) is 6.10 Å². The van der Waals surface area contributed by atoms with Gasteiger partial charge in [-0.25, -0.2) is 9.97 Å². The molecule has 1 N–H and O–H groups in total. The Morgan fingerprint density at radius 3 is 2.60 bits per heavy atom. The van der Waals surface area contributed by atoms with Crippen molar-refractivity contribution in [1.29, 1.82) is 0 Å². The number of aromatic nitrogens is 2. The van der Waals surface area contributed by atoms with Gasteiger partial charge in [0, 0.05) is 29.4 Å². The second kappa shape index (κ2) is 7.38. The number of rotatable bonds is 5. The van der Waals surface area contributed by atoms with E-state index in [1.165, 1.54) is 5.56 Å². The number of thioether (sulfide) groups is 1. The highest BCUT2D eigenvalue weighted by Crippen LogP contribution is 2.27. The maximum absolute atomic E-state index is 5.78. The minimum absolute atomic E-state index is 0.0595. The van der Waals surface area contributed by atoms with E-state index in [0.717, 1.165) is 48.4 Å². The lowest BCUT2D eigenvalue weighted by molar-refractivity contribution is 0.0691. The van der Waals surface area contributed by atoms with Gasteiger partial charge in [0.25, 0.3) is 0 Å². The van der Waals surface area contributed by atoms with Gasteiger partial charge >= 0.3 is 0 Å². The molecule has 0 bridgehead atoms. The van der Waals surface area contributed by atoms with Crippen LogP contribution in [0.1, 0.15) is 48.6 Å². The van der Waals surface area contributed by atoms with Crippen molar-refractivity contribution in [2.75, 3.05) is 31.2 Å². The van der Waals surface area contributed by atoms with Crippen LogP contribution in [0, 0.1) is 13.8 Å². The summed E-state index contributed by atoms with van der Waals surface area (Å²) < 4.78 is 5.78. The molecule has 0 radical (unpaired) electrons. The number of nitrogens with one attached hydrogen (secondary N) is 1. The molecule has 2 atom stereocenters. The van der Waals surface area contributed by atoms with Gasteiger partial charge in [-0.1, -0.05) is 13.8 Å². The van der Waals surface area contributed by atoms with Gasteiger partial charge in [0.05, 0.1) is 6.61 Å². The number of likely N-dealkylation sites (N-methyl/N-ethyl adjacent to an activating group) is 1. The topological polar surface area (TPSA) is 47.0 Å². The Morgan fingerprint density at radius 2 is 2.05 bits per heavy atom. The SMILES string of the molecule is CCNCC(C)c1c(C)nc(C2CSCCO2)nc1C. The first-order chi connectivity index (χ1) is 9.63. The molecule has 1 fully saturated rings. The molecule has 1 aliphatic heterocycles.